The Bertz CT molecular complexity index is 1220. The summed E-state index contributed by atoms with van der Waals surface area (Å²) in [6, 6.07) is 13.4. The highest BCUT2D eigenvalue weighted by Crippen LogP contribution is 2.48. The summed E-state index contributed by atoms with van der Waals surface area (Å²) in [5, 5.41) is 13.7. The second kappa shape index (κ2) is 10.3. The predicted octanol–water partition coefficient (Wildman–Crippen LogP) is 5.72. The van der Waals surface area contributed by atoms with Gasteiger partial charge in [-0.05, 0) is 64.4 Å². The zero-order valence-electron chi connectivity index (χ0n) is 20.4. The van der Waals surface area contributed by atoms with Crippen molar-refractivity contribution in [3.8, 4) is 11.5 Å². The molecule has 1 heterocycles. The van der Waals surface area contributed by atoms with Gasteiger partial charge in [0, 0.05) is 29.3 Å². The second-order valence-corrected chi connectivity index (χ2v) is 10.3. The minimum absolute atomic E-state index is 0.0116. The van der Waals surface area contributed by atoms with Crippen LogP contribution >= 0.6 is 15.9 Å². The molecule has 1 aliphatic heterocycles. The van der Waals surface area contributed by atoms with E-state index in [9.17, 15) is 14.7 Å². The molecule has 0 saturated heterocycles. The monoisotopic (exact) mass is 539 g/mol. The number of hydrogen-bond acceptors (Lipinski definition) is 6. The van der Waals surface area contributed by atoms with Crippen LogP contribution in [0.4, 0.5) is 0 Å². The van der Waals surface area contributed by atoms with Crippen LogP contribution in [0.5, 0.6) is 11.5 Å². The first-order chi connectivity index (χ1) is 16.7. The first kappa shape index (κ1) is 25.0. The molecule has 2 aromatic carbocycles. The SMILES string of the molecule is COc1cc([C@H]2C(C(=O)OCC(C)C)=C(C)NC3=C2C(=O)C[C@@H](c2ccccc2)C3)cc(Br)c1O. The third-order valence-corrected chi connectivity index (χ3v) is 7.07. The number of carbonyl (C=O) groups excluding carboxylic acids is 2. The molecular weight excluding hydrogens is 510 g/mol. The lowest BCUT2D eigenvalue weighted by molar-refractivity contribution is -0.140. The molecule has 2 N–H and O–H groups in total. The summed E-state index contributed by atoms with van der Waals surface area (Å²) in [6.07, 6.45) is 1.01. The third kappa shape index (κ3) is 5.01. The fourth-order valence-corrected chi connectivity index (χ4v) is 5.30. The number of allylic oxidation sites excluding steroid dienone is 3. The summed E-state index contributed by atoms with van der Waals surface area (Å²) < 4.78 is 11.4. The molecule has 0 fully saturated rings. The van der Waals surface area contributed by atoms with Crippen LogP contribution in [0.3, 0.4) is 0 Å². The molecular formula is C28H30BrNO5. The number of rotatable bonds is 6. The molecule has 0 saturated carbocycles. The minimum atomic E-state index is -0.638. The van der Waals surface area contributed by atoms with E-state index in [1.807, 2.05) is 51.1 Å². The number of hydrogen-bond donors (Lipinski definition) is 2. The number of phenolic OH excluding ortho intramolecular Hbond substituents is 1. The predicted molar refractivity (Wildman–Crippen MR) is 137 cm³/mol. The van der Waals surface area contributed by atoms with Gasteiger partial charge >= 0.3 is 5.97 Å². The number of methoxy groups -OCH3 is 1. The van der Waals surface area contributed by atoms with Gasteiger partial charge in [0.2, 0.25) is 0 Å². The third-order valence-electron chi connectivity index (χ3n) is 6.47. The van der Waals surface area contributed by atoms with Crippen molar-refractivity contribution >= 4 is 27.7 Å². The van der Waals surface area contributed by atoms with Crippen molar-refractivity contribution in [2.75, 3.05) is 13.7 Å². The number of benzene rings is 2. The quantitative estimate of drug-likeness (QED) is 0.456. The summed E-state index contributed by atoms with van der Waals surface area (Å²) in [7, 11) is 1.47. The van der Waals surface area contributed by atoms with Gasteiger partial charge in [0.05, 0.1) is 23.8 Å². The van der Waals surface area contributed by atoms with Gasteiger partial charge in [-0.1, -0.05) is 44.2 Å². The minimum Gasteiger partial charge on any atom is -0.503 e. The molecule has 184 valence electrons. The van der Waals surface area contributed by atoms with Crippen molar-refractivity contribution in [2.24, 2.45) is 5.92 Å². The number of dihydropyridines is 1. The highest BCUT2D eigenvalue weighted by Gasteiger charge is 2.42. The topological polar surface area (TPSA) is 84.9 Å². The van der Waals surface area contributed by atoms with Crippen LogP contribution in [-0.4, -0.2) is 30.6 Å². The lowest BCUT2D eigenvalue weighted by Crippen LogP contribution is -2.36. The molecule has 0 unspecified atom stereocenters. The molecule has 0 aromatic heterocycles. The molecule has 0 radical (unpaired) electrons. The van der Waals surface area contributed by atoms with E-state index >= 15 is 0 Å². The number of Topliss-reactive ketones (excluding diaryl/α,β-unsaturated/α-hetero) is 1. The van der Waals surface area contributed by atoms with Gasteiger partial charge in [-0.15, -0.1) is 0 Å². The fourth-order valence-electron chi connectivity index (χ4n) is 4.84. The fraction of sp³-hybridized carbons (Fsp3) is 0.357. The average Bonchev–Trinajstić information content (AvgIpc) is 2.83. The molecule has 6 nitrogen and oxygen atoms in total. The van der Waals surface area contributed by atoms with Crippen molar-refractivity contribution in [3.05, 3.63) is 80.6 Å². The van der Waals surface area contributed by atoms with Crippen molar-refractivity contribution in [2.45, 2.75) is 45.4 Å². The van der Waals surface area contributed by atoms with Crippen molar-refractivity contribution < 1.29 is 24.2 Å². The van der Waals surface area contributed by atoms with E-state index in [0.29, 0.717) is 39.7 Å². The smallest absolute Gasteiger partial charge is 0.336 e. The molecule has 2 aromatic rings. The molecule has 0 amide bonds. The van der Waals surface area contributed by atoms with E-state index in [4.69, 9.17) is 9.47 Å². The van der Waals surface area contributed by atoms with E-state index in [1.54, 1.807) is 12.1 Å². The Kier molecular flexibility index (Phi) is 7.36. The maximum Gasteiger partial charge on any atom is 0.336 e. The molecule has 35 heavy (non-hydrogen) atoms. The number of ketones is 1. The molecule has 7 heteroatoms. The Morgan fingerprint density at radius 1 is 1.17 bits per heavy atom. The lowest BCUT2D eigenvalue weighted by Gasteiger charge is -2.37. The number of ether oxygens (including phenoxy) is 2. The highest BCUT2D eigenvalue weighted by atomic mass is 79.9. The summed E-state index contributed by atoms with van der Waals surface area (Å²) in [5.41, 5.74) is 4.23. The maximum atomic E-state index is 13.7. The van der Waals surface area contributed by atoms with Gasteiger partial charge in [0.15, 0.2) is 17.3 Å². The van der Waals surface area contributed by atoms with Crippen molar-refractivity contribution in [1.82, 2.24) is 5.32 Å². The largest absolute Gasteiger partial charge is 0.503 e. The maximum absolute atomic E-state index is 13.7. The Morgan fingerprint density at radius 3 is 2.54 bits per heavy atom. The first-order valence-corrected chi connectivity index (χ1v) is 12.5. The van der Waals surface area contributed by atoms with Crippen LogP contribution < -0.4 is 10.1 Å². The van der Waals surface area contributed by atoms with Crippen LogP contribution in [0.1, 0.15) is 56.6 Å². The van der Waals surface area contributed by atoms with Gasteiger partial charge in [0.1, 0.15) is 0 Å². The summed E-state index contributed by atoms with van der Waals surface area (Å²) in [4.78, 5) is 27.0. The van der Waals surface area contributed by atoms with Crippen molar-refractivity contribution in [1.29, 1.82) is 0 Å². The van der Waals surface area contributed by atoms with Crippen LogP contribution in [0.2, 0.25) is 0 Å². The second-order valence-electron chi connectivity index (χ2n) is 9.47. The first-order valence-electron chi connectivity index (χ1n) is 11.7. The number of esters is 1. The van der Waals surface area contributed by atoms with E-state index in [1.165, 1.54) is 7.11 Å². The van der Waals surface area contributed by atoms with Gasteiger partial charge in [-0.3, -0.25) is 4.79 Å². The van der Waals surface area contributed by atoms with Gasteiger partial charge in [-0.25, -0.2) is 4.79 Å². The average molecular weight is 540 g/mol. The Hall–Kier alpha value is -3.06. The Balaban J connectivity index is 1.83. The molecule has 0 spiro atoms. The van der Waals surface area contributed by atoms with Gasteiger partial charge < -0.3 is 19.9 Å². The Morgan fingerprint density at radius 2 is 1.89 bits per heavy atom. The summed E-state index contributed by atoms with van der Waals surface area (Å²) >= 11 is 3.39. The van der Waals surface area contributed by atoms with E-state index in [0.717, 1.165) is 11.3 Å². The molecule has 1 aliphatic carbocycles. The number of aromatic hydroxyl groups is 1. The number of nitrogens with one attached hydrogen (secondary N) is 1. The standard InChI is InChI=1S/C28H30BrNO5/c1-15(2)14-35-28(33)24-16(3)30-21-11-18(17-8-6-5-7-9-17)12-22(31)26(21)25(24)19-10-20(29)27(32)23(13-19)34-4/h5-10,13,15,18,25,30,32H,11-12,14H2,1-4H3/t18-,25-/m0/s1. The van der Waals surface area contributed by atoms with Crippen LogP contribution in [0.25, 0.3) is 0 Å². The Labute approximate surface area is 214 Å². The molecule has 4 rings (SSSR count). The van der Waals surface area contributed by atoms with Crippen LogP contribution in [0.15, 0.2) is 69.5 Å². The van der Waals surface area contributed by atoms with Gasteiger partial charge in [0.25, 0.3) is 0 Å². The highest BCUT2D eigenvalue weighted by molar-refractivity contribution is 9.10. The number of halogens is 1. The lowest BCUT2D eigenvalue weighted by atomic mass is 9.71. The van der Waals surface area contributed by atoms with E-state index in [2.05, 4.69) is 21.2 Å². The number of carbonyl (C=O) groups is 2. The van der Waals surface area contributed by atoms with Crippen LogP contribution in [-0.2, 0) is 14.3 Å². The zero-order chi connectivity index (χ0) is 25.3. The zero-order valence-corrected chi connectivity index (χ0v) is 21.9. The number of phenols is 1. The summed E-state index contributed by atoms with van der Waals surface area (Å²) in [6.45, 7) is 6.07. The summed E-state index contributed by atoms with van der Waals surface area (Å²) in [5.74, 6) is -0.657. The normalized spacial score (nSPS) is 20.0. The van der Waals surface area contributed by atoms with Gasteiger partial charge in [-0.2, -0.15) is 0 Å². The van der Waals surface area contributed by atoms with E-state index < -0.39 is 11.9 Å². The molecule has 0 bridgehead atoms. The van der Waals surface area contributed by atoms with E-state index in [-0.39, 0.29) is 35.7 Å². The van der Waals surface area contributed by atoms with Crippen molar-refractivity contribution in [3.63, 3.8) is 0 Å². The molecule has 2 aliphatic rings. The molecule has 2 atom stereocenters. The van der Waals surface area contributed by atoms with Crippen LogP contribution in [0, 0.1) is 5.92 Å².